The Morgan fingerprint density at radius 2 is 1.88 bits per heavy atom. The van der Waals surface area contributed by atoms with Crippen molar-refractivity contribution in [2.45, 2.75) is 24.6 Å². The molecule has 1 atom stereocenters. The molecule has 1 aromatic carbocycles. The third kappa shape index (κ3) is 2.96. The highest BCUT2D eigenvalue weighted by atomic mass is 79.9. The number of hydrogen-bond acceptors (Lipinski definition) is 1. The zero-order valence-electron chi connectivity index (χ0n) is 9.32. The van der Waals surface area contributed by atoms with E-state index < -0.39 is 0 Å². The number of benzene rings is 1. The highest BCUT2D eigenvalue weighted by Gasteiger charge is 2.08. The van der Waals surface area contributed by atoms with Crippen LogP contribution in [0.4, 0.5) is 0 Å². The Morgan fingerprint density at radius 1 is 1.12 bits per heavy atom. The van der Waals surface area contributed by atoms with Crippen LogP contribution in [0.3, 0.4) is 0 Å². The van der Waals surface area contributed by atoms with Crippen LogP contribution in [0.25, 0.3) is 0 Å². The molecular weight excluding hydrogens is 280 g/mol. The standard InChI is InChI=1S/C14H15BrS/c1-2-11-3-5-13(6-4-11)14(15)9-12-7-8-16-10-12/h3-8,10,14H,2,9H2,1H3. The minimum atomic E-state index is 0.424. The van der Waals surface area contributed by atoms with Crippen LogP contribution >= 0.6 is 27.3 Å². The van der Waals surface area contributed by atoms with Crippen LogP contribution in [0.15, 0.2) is 41.1 Å². The van der Waals surface area contributed by atoms with Gasteiger partial charge in [0.05, 0.1) is 0 Å². The van der Waals surface area contributed by atoms with Gasteiger partial charge in [0, 0.05) is 4.83 Å². The van der Waals surface area contributed by atoms with Gasteiger partial charge in [0.15, 0.2) is 0 Å². The predicted octanol–water partition coefficient (Wildman–Crippen LogP) is 4.99. The summed E-state index contributed by atoms with van der Waals surface area (Å²) in [7, 11) is 0. The minimum Gasteiger partial charge on any atom is -0.152 e. The Hall–Kier alpha value is -0.600. The molecule has 0 N–H and O–H groups in total. The second-order valence-corrected chi connectivity index (χ2v) is 5.78. The van der Waals surface area contributed by atoms with Gasteiger partial charge >= 0.3 is 0 Å². The number of aryl methyl sites for hydroxylation is 1. The van der Waals surface area contributed by atoms with Gasteiger partial charge in [-0.05, 0) is 46.4 Å². The Labute approximate surface area is 109 Å². The molecule has 0 aliphatic heterocycles. The molecule has 0 bridgehead atoms. The lowest BCUT2D eigenvalue weighted by Gasteiger charge is -2.09. The average molecular weight is 295 g/mol. The Bertz CT molecular complexity index is 417. The lowest BCUT2D eigenvalue weighted by Crippen LogP contribution is -1.94. The van der Waals surface area contributed by atoms with E-state index in [0.29, 0.717) is 4.83 Å². The molecule has 2 aromatic rings. The molecule has 0 saturated carbocycles. The van der Waals surface area contributed by atoms with Crippen LogP contribution < -0.4 is 0 Å². The van der Waals surface area contributed by atoms with E-state index in [1.54, 1.807) is 11.3 Å². The van der Waals surface area contributed by atoms with Gasteiger partial charge in [-0.1, -0.05) is 47.1 Å². The van der Waals surface area contributed by atoms with Gasteiger partial charge in [-0.15, -0.1) is 0 Å². The van der Waals surface area contributed by atoms with Crippen molar-refractivity contribution in [3.05, 3.63) is 57.8 Å². The third-order valence-corrected chi connectivity index (χ3v) is 4.33. The summed E-state index contributed by atoms with van der Waals surface area (Å²) >= 11 is 5.52. The summed E-state index contributed by atoms with van der Waals surface area (Å²) in [6, 6.07) is 11.1. The molecule has 0 radical (unpaired) electrons. The van der Waals surface area contributed by atoms with Crippen LogP contribution in [-0.4, -0.2) is 0 Å². The lowest BCUT2D eigenvalue weighted by atomic mass is 10.0. The molecule has 2 rings (SSSR count). The van der Waals surface area contributed by atoms with Crippen molar-refractivity contribution in [3.63, 3.8) is 0 Å². The van der Waals surface area contributed by atoms with Crippen molar-refractivity contribution in [3.8, 4) is 0 Å². The SMILES string of the molecule is CCc1ccc(C(Br)Cc2ccsc2)cc1. The van der Waals surface area contributed by atoms with E-state index in [0.717, 1.165) is 12.8 Å². The van der Waals surface area contributed by atoms with Gasteiger partial charge < -0.3 is 0 Å². The third-order valence-electron chi connectivity index (χ3n) is 2.74. The van der Waals surface area contributed by atoms with Gasteiger partial charge in [0.25, 0.3) is 0 Å². The highest BCUT2D eigenvalue weighted by Crippen LogP contribution is 2.28. The first-order valence-electron chi connectivity index (χ1n) is 5.53. The molecule has 1 heterocycles. The fraction of sp³-hybridized carbons (Fsp3) is 0.286. The topological polar surface area (TPSA) is 0 Å². The molecular formula is C14H15BrS. The Morgan fingerprint density at radius 3 is 2.44 bits per heavy atom. The van der Waals surface area contributed by atoms with Gasteiger partial charge in [-0.2, -0.15) is 11.3 Å². The predicted molar refractivity (Wildman–Crippen MR) is 75.5 cm³/mol. The maximum Gasteiger partial charge on any atom is 0.0435 e. The molecule has 0 aliphatic carbocycles. The quantitative estimate of drug-likeness (QED) is 0.697. The van der Waals surface area contributed by atoms with E-state index in [1.165, 1.54) is 16.7 Å². The highest BCUT2D eigenvalue weighted by molar-refractivity contribution is 9.09. The summed E-state index contributed by atoms with van der Waals surface area (Å²) < 4.78 is 0. The number of hydrogen-bond donors (Lipinski definition) is 0. The van der Waals surface area contributed by atoms with Gasteiger partial charge in [0.2, 0.25) is 0 Å². The van der Waals surface area contributed by atoms with Crippen molar-refractivity contribution in [2.75, 3.05) is 0 Å². The van der Waals surface area contributed by atoms with E-state index in [2.05, 4.69) is 63.9 Å². The first-order chi connectivity index (χ1) is 7.79. The van der Waals surface area contributed by atoms with E-state index in [4.69, 9.17) is 0 Å². The fourth-order valence-electron chi connectivity index (χ4n) is 1.70. The monoisotopic (exact) mass is 294 g/mol. The minimum absolute atomic E-state index is 0.424. The maximum absolute atomic E-state index is 3.76. The van der Waals surface area contributed by atoms with E-state index in [1.807, 2.05) is 0 Å². The first kappa shape index (κ1) is 11.9. The Balaban J connectivity index is 2.05. The largest absolute Gasteiger partial charge is 0.152 e. The van der Waals surface area contributed by atoms with E-state index in [-0.39, 0.29) is 0 Å². The van der Waals surface area contributed by atoms with Crippen LogP contribution in [0.1, 0.15) is 28.4 Å². The number of rotatable bonds is 4. The molecule has 0 nitrogen and oxygen atoms in total. The van der Waals surface area contributed by atoms with Crippen molar-refractivity contribution in [2.24, 2.45) is 0 Å². The average Bonchev–Trinajstić information content (AvgIpc) is 2.82. The number of alkyl halides is 1. The first-order valence-corrected chi connectivity index (χ1v) is 7.39. The van der Waals surface area contributed by atoms with Gasteiger partial charge in [-0.25, -0.2) is 0 Å². The van der Waals surface area contributed by atoms with Crippen molar-refractivity contribution >= 4 is 27.3 Å². The fourth-order valence-corrected chi connectivity index (χ4v) is 3.06. The normalized spacial score (nSPS) is 12.6. The molecule has 84 valence electrons. The van der Waals surface area contributed by atoms with Gasteiger partial charge in [0.1, 0.15) is 0 Å². The molecule has 0 spiro atoms. The molecule has 0 fully saturated rings. The summed E-state index contributed by atoms with van der Waals surface area (Å²) in [6.07, 6.45) is 2.17. The van der Waals surface area contributed by atoms with Crippen molar-refractivity contribution in [1.82, 2.24) is 0 Å². The molecule has 0 saturated heterocycles. The lowest BCUT2D eigenvalue weighted by molar-refractivity contribution is 0.951. The van der Waals surface area contributed by atoms with Crippen molar-refractivity contribution < 1.29 is 0 Å². The molecule has 1 unspecified atom stereocenters. The van der Waals surface area contributed by atoms with Crippen LogP contribution in [0.2, 0.25) is 0 Å². The van der Waals surface area contributed by atoms with Gasteiger partial charge in [-0.3, -0.25) is 0 Å². The smallest absolute Gasteiger partial charge is 0.0435 e. The molecule has 2 heteroatoms. The zero-order chi connectivity index (χ0) is 11.4. The van der Waals surface area contributed by atoms with Crippen LogP contribution in [-0.2, 0) is 12.8 Å². The molecule has 1 aromatic heterocycles. The second kappa shape index (κ2) is 5.65. The maximum atomic E-state index is 3.76. The molecule has 16 heavy (non-hydrogen) atoms. The summed E-state index contributed by atoms with van der Waals surface area (Å²) in [5.74, 6) is 0. The van der Waals surface area contributed by atoms with Crippen LogP contribution in [0, 0.1) is 0 Å². The second-order valence-electron chi connectivity index (χ2n) is 3.90. The number of halogens is 1. The summed E-state index contributed by atoms with van der Waals surface area (Å²) in [5, 5.41) is 4.35. The Kier molecular flexibility index (Phi) is 4.19. The summed E-state index contributed by atoms with van der Waals surface area (Å²) in [5.41, 5.74) is 4.17. The van der Waals surface area contributed by atoms with Crippen molar-refractivity contribution in [1.29, 1.82) is 0 Å². The molecule has 0 aliphatic rings. The summed E-state index contributed by atoms with van der Waals surface area (Å²) in [6.45, 7) is 2.19. The molecule has 0 amide bonds. The summed E-state index contributed by atoms with van der Waals surface area (Å²) in [4.78, 5) is 0.424. The van der Waals surface area contributed by atoms with E-state index >= 15 is 0 Å². The zero-order valence-corrected chi connectivity index (χ0v) is 11.7. The van der Waals surface area contributed by atoms with Crippen LogP contribution in [0.5, 0.6) is 0 Å². The van der Waals surface area contributed by atoms with E-state index in [9.17, 15) is 0 Å². The number of thiophene rings is 1.